The maximum absolute atomic E-state index is 12.3. The Morgan fingerprint density at radius 1 is 1.19 bits per heavy atom. The molecule has 0 spiro atoms. The number of carbonyl (C=O) groups is 1. The average Bonchev–Trinajstić information content (AvgIpc) is 2.62. The summed E-state index contributed by atoms with van der Waals surface area (Å²) in [7, 11) is -3.29. The minimum absolute atomic E-state index is 0.130. The molecule has 1 fully saturated rings. The number of nitrogens with zero attached hydrogens (tertiary/aromatic N) is 3. The van der Waals surface area contributed by atoms with Gasteiger partial charge in [0.25, 0.3) is 5.91 Å². The van der Waals surface area contributed by atoms with Crippen molar-refractivity contribution in [2.45, 2.75) is 4.90 Å². The van der Waals surface area contributed by atoms with Gasteiger partial charge in [-0.15, -0.1) is 0 Å². The van der Waals surface area contributed by atoms with Gasteiger partial charge in [-0.1, -0.05) is 6.07 Å². The van der Waals surface area contributed by atoms with Gasteiger partial charge in [-0.3, -0.25) is 4.79 Å². The summed E-state index contributed by atoms with van der Waals surface area (Å²) in [6, 6.07) is 8.09. The number of hydrogen-bond acceptors (Lipinski definition) is 6. The van der Waals surface area contributed by atoms with Gasteiger partial charge in [0.1, 0.15) is 0 Å². The highest BCUT2D eigenvalue weighted by Gasteiger charge is 2.23. The van der Waals surface area contributed by atoms with Crippen LogP contribution in [0.1, 0.15) is 0 Å². The number of rotatable bonds is 5. The molecule has 1 aliphatic heterocycles. The van der Waals surface area contributed by atoms with Crippen LogP contribution in [0.3, 0.4) is 0 Å². The van der Waals surface area contributed by atoms with Crippen LogP contribution >= 0.6 is 0 Å². The predicted molar refractivity (Wildman–Crippen MR) is 98.0 cm³/mol. The fourth-order valence-electron chi connectivity index (χ4n) is 2.89. The predicted octanol–water partition coefficient (Wildman–Crippen LogP) is -0.776. The van der Waals surface area contributed by atoms with E-state index in [9.17, 15) is 13.2 Å². The third kappa shape index (κ3) is 4.77. The Balaban J connectivity index is 1.52. The van der Waals surface area contributed by atoms with Gasteiger partial charge in [-0.2, -0.15) is 0 Å². The molecule has 1 saturated heterocycles. The van der Waals surface area contributed by atoms with Crippen LogP contribution in [0.4, 0.5) is 11.6 Å². The summed E-state index contributed by atoms with van der Waals surface area (Å²) in [5.74, 6) is 0.587. The Morgan fingerprint density at radius 3 is 2.54 bits per heavy atom. The molecule has 2 aromatic rings. The normalized spacial score (nSPS) is 15.7. The van der Waals surface area contributed by atoms with Crippen LogP contribution < -0.4 is 15.1 Å². The molecule has 2 heterocycles. The molecule has 1 aromatic heterocycles. The first kappa shape index (κ1) is 18.3. The van der Waals surface area contributed by atoms with Crippen molar-refractivity contribution in [1.29, 1.82) is 0 Å². The van der Waals surface area contributed by atoms with Crippen LogP contribution in [0.25, 0.3) is 0 Å². The van der Waals surface area contributed by atoms with Gasteiger partial charge in [0.15, 0.2) is 16.4 Å². The lowest BCUT2D eigenvalue weighted by Crippen LogP contribution is -3.15. The molecule has 9 heteroatoms. The largest absolute Gasteiger partial charge is 0.330 e. The summed E-state index contributed by atoms with van der Waals surface area (Å²) in [6.45, 7) is 3.54. The van der Waals surface area contributed by atoms with E-state index in [-0.39, 0.29) is 10.8 Å². The maximum Gasteiger partial charge on any atom is 0.279 e. The number of anilines is 2. The zero-order valence-corrected chi connectivity index (χ0v) is 15.4. The summed E-state index contributed by atoms with van der Waals surface area (Å²) in [4.78, 5) is 24.2. The molecule has 0 radical (unpaired) electrons. The monoisotopic (exact) mass is 376 g/mol. The van der Waals surface area contributed by atoms with Crippen molar-refractivity contribution in [1.82, 2.24) is 9.97 Å². The summed E-state index contributed by atoms with van der Waals surface area (Å²) in [5, 5.41) is 2.78. The molecule has 0 bridgehead atoms. The Bertz CT molecular complexity index is 865. The molecule has 0 atom stereocenters. The molecule has 0 unspecified atom stereocenters. The molecule has 26 heavy (non-hydrogen) atoms. The molecule has 1 aromatic carbocycles. The van der Waals surface area contributed by atoms with Crippen LogP contribution in [0.15, 0.2) is 47.6 Å². The summed E-state index contributed by atoms with van der Waals surface area (Å²) in [5.41, 5.74) is 0.494. The smallest absolute Gasteiger partial charge is 0.279 e. The number of piperazine rings is 1. The van der Waals surface area contributed by atoms with Crippen LogP contribution in [0.2, 0.25) is 0 Å². The lowest BCUT2D eigenvalue weighted by atomic mass is 10.3. The van der Waals surface area contributed by atoms with Crippen molar-refractivity contribution < 1.29 is 18.1 Å². The second kappa shape index (κ2) is 7.79. The number of nitrogens with one attached hydrogen (secondary N) is 2. The van der Waals surface area contributed by atoms with E-state index < -0.39 is 9.84 Å². The third-order valence-electron chi connectivity index (χ3n) is 4.26. The topological polar surface area (TPSA) is 96.7 Å². The molecule has 0 aliphatic carbocycles. The molecule has 8 nitrogen and oxygen atoms in total. The zero-order chi connectivity index (χ0) is 18.6. The standard InChI is InChI=1S/C17H21N5O3S/c1-26(24,25)15-5-2-4-14(12-15)20-16(23)13-21-8-10-22(11-9-21)17-18-6-3-7-19-17/h2-7,12H,8-11,13H2,1H3,(H,20,23)/p+1. The second-order valence-electron chi connectivity index (χ2n) is 6.31. The lowest BCUT2D eigenvalue weighted by Gasteiger charge is -2.31. The molecule has 3 rings (SSSR count). The highest BCUT2D eigenvalue weighted by Crippen LogP contribution is 2.15. The molecule has 2 N–H and O–H groups in total. The molecule has 0 saturated carbocycles. The first-order valence-corrected chi connectivity index (χ1v) is 10.3. The fourth-order valence-corrected chi connectivity index (χ4v) is 3.56. The second-order valence-corrected chi connectivity index (χ2v) is 8.33. The minimum Gasteiger partial charge on any atom is -0.330 e. The third-order valence-corrected chi connectivity index (χ3v) is 5.37. The fraction of sp³-hybridized carbons (Fsp3) is 0.353. The highest BCUT2D eigenvalue weighted by molar-refractivity contribution is 7.90. The molecular formula is C17H22N5O3S+. The molecule has 1 amide bonds. The number of aromatic nitrogens is 2. The van der Waals surface area contributed by atoms with Crippen LogP contribution in [-0.2, 0) is 14.6 Å². The van der Waals surface area contributed by atoms with Crippen molar-refractivity contribution in [2.24, 2.45) is 0 Å². The van der Waals surface area contributed by atoms with Gasteiger partial charge in [0.2, 0.25) is 5.95 Å². The van der Waals surface area contributed by atoms with Crippen molar-refractivity contribution in [3.05, 3.63) is 42.7 Å². The maximum atomic E-state index is 12.3. The minimum atomic E-state index is -3.29. The van der Waals surface area contributed by atoms with E-state index in [1.165, 1.54) is 17.0 Å². The highest BCUT2D eigenvalue weighted by atomic mass is 32.2. The molecular weight excluding hydrogens is 354 g/mol. The SMILES string of the molecule is CS(=O)(=O)c1cccc(NC(=O)C[NH+]2CCN(c3ncccn3)CC2)c1. The van der Waals surface area contributed by atoms with Crippen LogP contribution in [-0.4, -0.2) is 63.3 Å². The number of sulfone groups is 1. The number of quaternary nitrogens is 1. The number of benzene rings is 1. The van der Waals surface area contributed by atoms with E-state index in [0.29, 0.717) is 18.2 Å². The quantitative estimate of drug-likeness (QED) is 0.711. The van der Waals surface area contributed by atoms with Crippen molar-refractivity contribution in [3.8, 4) is 0 Å². The van der Waals surface area contributed by atoms with Gasteiger partial charge in [-0.25, -0.2) is 18.4 Å². The summed E-state index contributed by atoms with van der Waals surface area (Å²) < 4.78 is 23.2. The molecule has 138 valence electrons. The Hall–Kier alpha value is -2.52. The first-order chi connectivity index (χ1) is 12.4. The van der Waals surface area contributed by atoms with Crippen molar-refractivity contribution in [3.63, 3.8) is 0 Å². The van der Waals surface area contributed by atoms with Gasteiger partial charge in [0.05, 0.1) is 31.1 Å². The molecule has 1 aliphatic rings. The number of carbonyl (C=O) groups excluding carboxylic acids is 1. The Morgan fingerprint density at radius 2 is 1.88 bits per heavy atom. The van der Waals surface area contributed by atoms with Gasteiger partial charge in [0, 0.05) is 24.3 Å². The number of hydrogen-bond donors (Lipinski definition) is 2. The van der Waals surface area contributed by atoms with Crippen LogP contribution in [0, 0.1) is 0 Å². The Labute approximate surface area is 152 Å². The van der Waals surface area contributed by atoms with Gasteiger partial charge < -0.3 is 15.1 Å². The average molecular weight is 376 g/mol. The number of amides is 1. The summed E-state index contributed by atoms with van der Waals surface area (Å²) in [6.07, 6.45) is 4.59. The van der Waals surface area contributed by atoms with E-state index in [1.54, 1.807) is 30.6 Å². The first-order valence-electron chi connectivity index (χ1n) is 8.37. The van der Waals surface area contributed by atoms with Crippen LogP contribution in [0.5, 0.6) is 0 Å². The van der Waals surface area contributed by atoms with Gasteiger partial charge in [-0.05, 0) is 24.3 Å². The zero-order valence-electron chi connectivity index (χ0n) is 14.6. The van der Waals surface area contributed by atoms with Crippen molar-refractivity contribution in [2.75, 3.05) is 49.2 Å². The van der Waals surface area contributed by atoms with E-state index in [1.807, 2.05) is 0 Å². The van der Waals surface area contributed by atoms with E-state index >= 15 is 0 Å². The Kier molecular flexibility index (Phi) is 5.48. The summed E-state index contributed by atoms with van der Waals surface area (Å²) >= 11 is 0. The van der Waals surface area contributed by atoms with E-state index in [4.69, 9.17) is 0 Å². The van der Waals surface area contributed by atoms with E-state index in [2.05, 4.69) is 20.2 Å². The lowest BCUT2D eigenvalue weighted by molar-refractivity contribution is -0.892. The van der Waals surface area contributed by atoms with Crippen molar-refractivity contribution >= 4 is 27.4 Å². The van der Waals surface area contributed by atoms with E-state index in [0.717, 1.165) is 32.4 Å². The van der Waals surface area contributed by atoms with Gasteiger partial charge >= 0.3 is 0 Å².